The highest BCUT2D eigenvalue weighted by molar-refractivity contribution is 5.81. The summed E-state index contributed by atoms with van der Waals surface area (Å²) < 4.78 is 0. The third-order valence-electron chi connectivity index (χ3n) is 5.10. The molecule has 20 heavy (non-hydrogen) atoms. The molecule has 2 N–H and O–H groups in total. The van der Waals surface area contributed by atoms with Crippen molar-refractivity contribution in [2.75, 3.05) is 13.1 Å². The number of hydrogen-bond donors (Lipinski definition) is 2. The first-order valence-corrected chi connectivity index (χ1v) is 8.36. The highest BCUT2D eigenvalue weighted by Gasteiger charge is 2.38. The fourth-order valence-corrected chi connectivity index (χ4v) is 3.98. The molecule has 0 bridgehead atoms. The highest BCUT2D eigenvalue weighted by Crippen LogP contribution is 2.34. The number of likely N-dealkylation sites (tertiary alicyclic amines) is 1. The number of hydrogen-bond acceptors (Lipinski definition) is 3. The molecule has 0 aromatic carbocycles. The summed E-state index contributed by atoms with van der Waals surface area (Å²) in [5, 5.41) is 13.3. The quantitative estimate of drug-likeness (QED) is 0.828. The number of carbonyl (C=O) groups is 1. The van der Waals surface area contributed by atoms with Crippen LogP contribution in [0.4, 0.5) is 0 Å². The van der Waals surface area contributed by atoms with E-state index in [9.17, 15) is 9.90 Å². The van der Waals surface area contributed by atoms with Crippen molar-refractivity contribution < 1.29 is 9.90 Å². The van der Waals surface area contributed by atoms with Crippen LogP contribution in [-0.4, -0.2) is 47.2 Å². The number of piperidine rings is 1. The molecule has 1 heterocycles. The molecule has 116 valence electrons. The highest BCUT2D eigenvalue weighted by atomic mass is 16.3. The first-order valence-electron chi connectivity index (χ1n) is 8.36. The van der Waals surface area contributed by atoms with E-state index in [1.165, 1.54) is 19.3 Å². The van der Waals surface area contributed by atoms with Gasteiger partial charge in [0.25, 0.3) is 0 Å². The van der Waals surface area contributed by atoms with Crippen LogP contribution in [-0.2, 0) is 4.79 Å². The number of likely N-dealkylation sites (N-methyl/N-ethyl adjacent to an activating group) is 1. The number of nitrogens with one attached hydrogen (secondary N) is 1. The number of nitrogens with zero attached hydrogens (tertiary/aromatic N) is 1. The molecule has 4 atom stereocenters. The molecule has 4 nitrogen and oxygen atoms in total. The molecule has 0 spiro atoms. The van der Waals surface area contributed by atoms with Crippen molar-refractivity contribution >= 4 is 5.91 Å². The van der Waals surface area contributed by atoms with Crippen LogP contribution in [0.2, 0.25) is 0 Å². The van der Waals surface area contributed by atoms with Crippen LogP contribution >= 0.6 is 0 Å². The second-order valence-electron chi connectivity index (χ2n) is 6.39. The van der Waals surface area contributed by atoms with Gasteiger partial charge in [-0.05, 0) is 46.1 Å². The summed E-state index contributed by atoms with van der Waals surface area (Å²) in [7, 11) is 0. The third kappa shape index (κ3) is 3.53. The molecule has 4 unspecified atom stereocenters. The van der Waals surface area contributed by atoms with Crippen LogP contribution in [0.25, 0.3) is 0 Å². The second-order valence-corrected chi connectivity index (χ2v) is 6.39. The molecule has 4 heteroatoms. The minimum atomic E-state index is -0.171. The monoisotopic (exact) mass is 282 g/mol. The maximum atomic E-state index is 12.1. The summed E-state index contributed by atoms with van der Waals surface area (Å²) in [6.45, 7) is 5.65. The van der Waals surface area contributed by atoms with Gasteiger partial charge in [-0.15, -0.1) is 0 Å². The Balaban J connectivity index is 2.06. The van der Waals surface area contributed by atoms with Gasteiger partial charge < -0.3 is 10.4 Å². The second kappa shape index (κ2) is 7.41. The summed E-state index contributed by atoms with van der Waals surface area (Å²) >= 11 is 0. The van der Waals surface area contributed by atoms with Crippen molar-refractivity contribution in [1.29, 1.82) is 0 Å². The molecule has 2 aliphatic rings. The first-order chi connectivity index (χ1) is 9.65. The lowest BCUT2D eigenvalue weighted by molar-refractivity contribution is -0.129. The van der Waals surface area contributed by atoms with Gasteiger partial charge in [-0.3, -0.25) is 9.69 Å². The maximum Gasteiger partial charge on any atom is 0.237 e. The smallest absolute Gasteiger partial charge is 0.237 e. The summed E-state index contributed by atoms with van der Waals surface area (Å²) in [5.41, 5.74) is 0. The van der Waals surface area contributed by atoms with E-state index in [4.69, 9.17) is 0 Å². The van der Waals surface area contributed by atoms with Crippen LogP contribution in [0.15, 0.2) is 0 Å². The Hall–Kier alpha value is -0.610. The molecule has 1 aliphatic carbocycles. The average Bonchev–Trinajstić information content (AvgIpc) is 2.47. The van der Waals surface area contributed by atoms with Crippen molar-refractivity contribution in [3.05, 3.63) is 0 Å². The van der Waals surface area contributed by atoms with E-state index >= 15 is 0 Å². The van der Waals surface area contributed by atoms with Crippen molar-refractivity contribution in [3.8, 4) is 0 Å². The van der Waals surface area contributed by atoms with E-state index in [1.807, 2.05) is 13.8 Å². The SMILES string of the molecule is CCNC(=O)C(C)N1CCCCC1C1CCCCC1O. The molecule has 0 radical (unpaired) electrons. The number of carbonyl (C=O) groups excluding carboxylic acids is 1. The van der Waals surface area contributed by atoms with Gasteiger partial charge in [-0.25, -0.2) is 0 Å². The lowest BCUT2D eigenvalue weighted by atomic mass is 9.77. The van der Waals surface area contributed by atoms with E-state index in [0.717, 1.165) is 32.2 Å². The Morgan fingerprint density at radius 2 is 1.95 bits per heavy atom. The van der Waals surface area contributed by atoms with Gasteiger partial charge in [-0.2, -0.15) is 0 Å². The zero-order chi connectivity index (χ0) is 14.5. The molecule has 0 aromatic rings. The number of amides is 1. The molecular weight excluding hydrogens is 252 g/mol. The largest absolute Gasteiger partial charge is 0.393 e. The molecular formula is C16H30N2O2. The standard InChI is InChI=1S/C16H30N2O2/c1-3-17-16(20)12(2)18-11-7-6-9-14(18)13-8-4-5-10-15(13)19/h12-15,19H,3-11H2,1-2H3,(H,17,20). The first kappa shape index (κ1) is 15.8. The average molecular weight is 282 g/mol. The van der Waals surface area contributed by atoms with Gasteiger partial charge in [0.05, 0.1) is 12.1 Å². The Morgan fingerprint density at radius 3 is 2.65 bits per heavy atom. The zero-order valence-corrected chi connectivity index (χ0v) is 13.0. The summed E-state index contributed by atoms with van der Waals surface area (Å²) in [6, 6.07) is 0.311. The Morgan fingerprint density at radius 1 is 1.25 bits per heavy atom. The fraction of sp³-hybridized carbons (Fsp3) is 0.938. The molecule has 1 amide bonds. The van der Waals surface area contributed by atoms with Gasteiger partial charge in [0.1, 0.15) is 0 Å². The van der Waals surface area contributed by atoms with Crippen LogP contribution < -0.4 is 5.32 Å². The summed E-state index contributed by atoms with van der Waals surface area (Å²) in [5.74, 6) is 0.491. The number of aliphatic hydroxyl groups excluding tert-OH is 1. The third-order valence-corrected chi connectivity index (χ3v) is 5.10. The van der Waals surface area contributed by atoms with E-state index in [-0.39, 0.29) is 18.1 Å². The summed E-state index contributed by atoms with van der Waals surface area (Å²) in [6.07, 6.45) is 7.78. The van der Waals surface area contributed by atoms with Crippen molar-refractivity contribution in [3.63, 3.8) is 0 Å². The van der Waals surface area contributed by atoms with Crippen molar-refractivity contribution in [2.45, 2.75) is 77.0 Å². The number of rotatable bonds is 4. The van der Waals surface area contributed by atoms with Gasteiger partial charge in [-0.1, -0.05) is 19.3 Å². The zero-order valence-electron chi connectivity index (χ0n) is 13.0. The van der Waals surface area contributed by atoms with Crippen LogP contribution in [0, 0.1) is 5.92 Å². The Labute approximate surface area is 122 Å². The van der Waals surface area contributed by atoms with E-state index in [2.05, 4.69) is 10.2 Å². The Kier molecular flexibility index (Phi) is 5.85. The lowest BCUT2D eigenvalue weighted by Gasteiger charge is -2.45. The molecule has 1 saturated carbocycles. The van der Waals surface area contributed by atoms with E-state index in [1.54, 1.807) is 0 Å². The minimum absolute atomic E-state index is 0.0747. The summed E-state index contributed by atoms with van der Waals surface area (Å²) in [4.78, 5) is 14.5. The van der Waals surface area contributed by atoms with Gasteiger partial charge >= 0.3 is 0 Å². The van der Waals surface area contributed by atoms with Gasteiger partial charge in [0, 0.05) is 18.5 Å². The predicted molar refractivity (Wildman–Crippen MR) is 80.5 cm³/mol. The molecule has 2 rings (SSSR count). The lowest BCUT2D eigenvalue weighted by Crippen LogP contribution is -2.56. The van der Waals surface area contributed by atoms with E-state index in [0.29, 0.717) is 18.5 Å². The molecule has 2 fully saturated rings. The topological polar surface area (TPSA) is 52.6 Å². The van der Waals surface area contributed by atoms with Gasteiger partial charge in [0.15, 0.2) is 0 Å². The predicted octanol–water partition coefficient (Wildman–Crippen LogP) is 1.92. The van der Waals surface area contributed by atoms with Crippen molar-refractivity contribution in [1.82, 2.24) is 10.2 Å². The molecule has 0 aromatic heterocycles. The van der Waals surface area contributed by atoms with Crippen LogP contribution in [0.1, 0.15) is 58.8 Å². The van der Waals surface area contributed by atoms with Gasteiger partial charge in [0.2, 0.25) is 5.91 Å². The van der Waals surface area contributed by atoms with E-state index < -0.39 is 0 Å². The maximum absolute atomic E-state index is 12.1. The van der Waals surface area contributed by atoms with Crippen molar-refractivity contribution in [2.24, 2.45) is 5.92 Å². The molecule has 1 saturated heterocycles. The fourth-order valence-electron chi connectivity index (χ4n) is 3.98. The number of aliphatic hydroxyl groups is 1. The van der Waals surface area contributed by atoms with Crippen LogP contribution in [0.5, 0.6) is 0 Å². The van der Waals surface area contributed by atoms with Crippen LogP contribution in [0.3, 0.4) is 0 Å². The normalized spacial score (nSPS) is 33.6. The molecule has 1 aliphatic heterocycles. The Bertz CT molecular complexity index is 322. The minimum Gasteiger partial charge on any atom is -0.393 e.